The van der Waals surface area contributed by atoms with Gasteiger partial charge in [0, 0.05) is 6.54 Å². The van der Waals surface area contributed by atoms with E-state index in [-0.39, 0.29) is 6.10 Å². The summed E-state index contributed by atoms with van der Waals surface area (Å²) in [6.45, 7) is 6.87. The van der Waals surface area contributed by atoms with Gasteiger partial charge in [-0.1, -0.05) is 24.3 Å². The predicted octanol–water partition coefficient (Wildman–Crippen LogP) is 4.40. The molecule has 2 rings (SSSR count). The van der Waals surface area contributed by atoms with Crippen molar-refractivity contribution in [1.82, 2.24) is 0 Å². The summed E-state index contributed by atoms with van der Waals surface area (Å²) >= 11 is 0. The first-order valence-electron chi connectivity index (χ1n) is 7.23. The highest BCUT2D eigenvalue weighted by molar-refractivity contribution is 5.56. The lowest BCUT2D eigenvalue weighted by Gasteiger charge is -2.16. The summed E-state index contributed by atoms with van der Waals surface area (Å²) < 4.78 is 11.1. The molecule has 0 spiro atoms. The first-order chi connectivity index (χ1) is 10.1. The number of rotatable bonds is 6. The van der Waals surface area contributed by atoms with E-state index < -0.39 is 0 Å². The topological polar surface area (TPSA) is 30.5 Å². The fourth-order valence-electron chi connectivity index (χ4n) is 2.22. The highest BCUT2D eigenvalue weighted by Crippen LogP contribution is 2.26. The maximum atomic E-state index is 5.81. The van der Waals surface area contributed by atoms with Crippen molar-refractivity contribution in [3.8, 4) is 11.5 Å². The van der Waals surface area contributed by atoms with Gasteiger partial charge in [0.1, 0.15) is 11.5 Å². The summed E-state index contributed by atoms with van der Waals surface area (Å²) in [4.78, 5) is 0. The van der Waals surface area contributed by atoms with Crippen molar-refractivity contribution >= 4 is 5.69 Å². The van der Waals surface area contributed by atoms with Crippen LogP contribution in [0.3, 0.4) is 0 Å². The average molecular weight is 285 g/mol. The van der Waals surface area contributed by atoms with Crippen LogP contribution in [0.25, 0.3) is 0 Å². The molecule has 2 aromatic carbocycles. The summed E-state index contributed by atoms with van der Waals surface area (Å²) in [5, 5.41) is 3.43. The minimum absolute atomic E-state index is 0.163. The molecule has 0 aliphatic rings. The molecule has 0 saturated carbocycles. The fraction of sp³-hybridized carbons (Fsp3) is 0.333. The minimum atomic E-state index is 0.163. The Morgan fingerprint density at radius 3 is 2.48 bits per heavy atom. The zero-order chi connectivity index (χ0) is 15.2. The fourth-order valence-corrected chi connectivity index (χ4v) is 2.22. The van der Waals surface area contributed by atoms with Crippen LogP contribution in [-0.4, -0.2) is 13.2 Å². The molecule has 0 aliphatic carbocycles. The summed E-state index contributed by atoms with van der Waals surface area (Å²) in [6, 6.07) is 14.2. The number of hydrogen-bond donors (Lipinski definition) is 1. The lowest BCUT2D eigenvalue weighted by Crippen LogP contribution is -2.08. The van der Waals surface area contributed by atoms with Gasteiger partial charge in [-0.15, -0.1) is 0 Å². The third kappa shape index (κ3) is 4.15. The Morgan fingerprint density at radius 1 is 1.05 bits per heavy atom. The molecule has 21 heavy (non-hydrogen) atoms. The zero-order valence-corrected chi connectivity index (χ0v) is 13.1. The van der Waals surface area contributed by atoms with E-state index in [1.807, 2.05) is 44.2 Å². The Morgan fingerprint density at radius 2 is 1.81 bits per heavy atom. The van der Waals surface area contributed by atoms with Gasteiger partial charge in [-0.25, -0.2) is 0 Å². The molecular weight excluding hydrogens is 262 g/mol. The largest absolute Gasteiger partial charge is 0.496 e. The second kappa shape index (κ2) is 7.02. The standard InChI is InChI=1S/C18H23NO2/c1-13(2)21-18-8-6-5-7-16(18)19-12-15-9-10-17(20-4)14(3)11-15/h5-11,13,19H,12H2,1-4H3. The second-order valence-electron chi connectivity index (χ2n) is 5.32. The van der Waals surface area contributed by atoms with Gasteiger partial charge in [0.25, 0.3) is 0 Å². The molecule has 0 atom stereocenters. The molecule has 2 aromatic rings. The van der Waals surface area contributed by atoms with Crippen LogP contribution in [0.2, 0.25) is 0 Å². The number of nitrogens with one attached hydrogen (secondary N) is 1. The molecule has 0 unspecified atom stereocenters. The van der Waals surface area contributed by atoms with Gasteiger partial charge in [0.05, 0.1) is 18.9 Å². The molecule has 0 aliphatic heterocycles. The maximum absolute atomic E-state index is 5.81. The molecule has 3 heteroatoms. The van der Waals surface area contributed by atoms with E-state index in [2.05, 4.69) is 24.4 Å². The van der Waals surface area contributed by atoms with Crippen molar-refractivity contribution in [3.05, 3.63) is 53.6 Å². The SMILES string of the molecule is COc1ccc(CNc2ccccc2OC(C)C)cc1C. The van der Waals surface area contributed by atoms with E-state index in [0.29, 0.717) is 0 Å². The Labute approximate surface area is 126 Å². The average Bonchev–Trinajstić information content (AvgIpc) is 2.46. The normalized spacial score (nSPS) is 10.5. The van der Waals surface area contributed by atoms with E-state index in [0.717, 1.165) is 29.3 Å². The Hall–Kier alpha value is -2.16. The summed E-state index contributed by atoms with van der Waals surface area (Å²) in [7, 11) is 1.69. The van der Waals surface area contributed by atoms with E-state index in [4.69, 9.17) is 9.47 Å². The van der Waals surface area contributed by atoms with Crippen molar-refractivity contribution in [1.29, 1.82) is 0 Å². The van der Waals surface area contributed by atoms with Crippen LogP contribution in [0.4, 0.5) is 5.69 Å². The Balaban J connectivity index is 2.08. The third-order valence-corrected chi connectivity index (χ3v) is 3.19. The molecule has 0 aromatic heterocycles. The van der Waals surface area contributed by atoms with Crippen LogP contribution in [0, 0.1) is 6.92 Å². The van der Waals surface area contributed by atoms with Crippen molar-refractivity contribution in [2.45, 2.75) is 33.4 Å². The van der Waals surface area contributed by atoms with Crippen molar-refractivity contribution in [3.63, 3.8) is 0 Å². The van der Waals surface area contributed by atoms with E-state index in [9.17, 15) is 0 Å². The van der Waals surface area contributed by atoms with Crippen LogP contribution in [0.5, 0.6) is 11.5 Å². The van der Waals surface area contributed by atoms with Crippen LogP contribution in [0.15, 0.2) is 42.5 Å². The number of aryl methyl sites for hydroxylation is 1. The molecule has 3 nitrogen and oxygen atoms in total. The van der Waals surface area contributed by atoms with E-state index >= 15 is 0 Å². The zero-order valence-electron chi connectivity index (χ0n) is 13.1. The van der Waals surface area contributed by atoms with Gasteiger partial charge >= 0.3 is 0 Å². The molecule has 112 valence electrons. The lowest BCUT2D eigenvalue weighted by molar-refractivity contribution is 0.243. The number of benzene rings is 2. The van der Waals surface area contributed by atoms with Crippen molar-refractivity contribution < 1.29 is 9.47 Å². The molecule has 0 amide bonds. The molecule has 0 bridgehead atoms. The monoisotopic (exact) mass is 285 g/mol. The van der Waals surface area contributed by atoms with Crippen LogP contribution in [0.1, 0.15) is 25.0 Å². The van der Waals surface area contributed by atoms with Crippen molar-refractivity contribution in [2.24, 2.45) is 0 Å². The van der Waals surface area contributed by atoms with Crippen LogP contribution in [-0.2, 0) is 6.54 Å². The first-order valence-corrected chi connectivity index (χ1v) is 7.23. The van der Waals surface area contributed by atoms with Gasteiger partial charge in [-0.3, -0.25) is 0 Å². The summed E-state index contributed by atoms with van der Waals surface area (Å²) in [5.41, 5.74) is 3.37. The second-order valence-corrected chi connectivity index (χ2v) is 5.32. The third-order valence-electron chi connectivity index (χ3n) is 3.19. The highest BCUT2D eigenvalue weighted by Gasteiger charge is 2.05. The summed E-state index contributed by atoms with van der Waals surface area (Å²) in [5.74, 6) is 1.81. The van der Waals surface area contributed by atoms with E-state index in [1.54, 1.807) is 7.11 Å². The van der Waals surface area contributed by atoms with Crippen molar-refractivity contribution in [2.75, 3.05) is 12.4 Å². The van der Waals surface area contributed by atoms with Gasteiger partial charge < -0.3 is 14.8 Å². The quantitative estimate of drug-likeness (QED) is 0.853. The van der Waals surface area contributed by atoms with Gasteiger partial charge in [-0.2, -0.15) is 0 Å². The molecule has 0 radical (unpaired) electrons. The first kappa shape index (κ1) is 15.2. The number of ether oxygens (including phenoxy) is 2. The molecule has 0 fully saturated rings. The van der Waals surface area contributed by atoms with Crippen LogP contribution >= 0.6 is 0 Å². The number of anilines is 1. The Kier molecular flexibility index (Phi) is 5.09. The van der Waals surface area contributed by atoms with Gasteiger partial charge in [0.2, 0.25) is 0 Å². The van der Waals surface area contributed by atoms with Crippen LogP contribution < -0.4 is 14.8 Å². The number of hydrogen-bond acceptors (Lipinski definition) is 3. The summed E-state index contributed by atoms with van der Waals surface area (Å²) in [6.07, 6.45) is 0.163. The van der Waals surface area contributed by atoms with E-state index in [1.165, 1.54) is 5.56 Å². The van der Waals surface area contributed by atoms with Gasteiger partial charge in [-0.05, 0) is 50.1 Å². The van der Waals surface area contributed by atoms with Gasteiger partial charge in [0.15, 0.2) is 0 Å². The maximum Gasteiger partial charge on any atom is 0.142 e. The minimum Gasteiger partial charge on any atom is -0.496 e. The highest BCUT2D eigenvalue weighted by atomic mass is 16.5. The number of para-hydroxylation sites is 2. The lowest BCUT2D eigenvalue weighted by atomic mass is 10.1. The number of methoxy groups -OCH3 is 1. The molecular formula is C18H23NO2. The Bertz CT molecular complexity index is 594. The molecule has 0 heterocycles. The molecule has 0 saturated heterocycles. The smallest absolute Gasteiger partial charge is 0.142 e. The predicted molar refractivity (Wildman–Crippen MR) is 87.3 cm³/mol. The molecule has 1 N–H and O–H groups in total.